The van der Waals surface area contributed by atoms with Crippen LogP contribution in [0.15, 0.2) is 24.3 Å². The molecule has 1 heterocycles. The molecule has 2 aromatic rings. The zero-order valence-electron chi connectivity index (χ0n) is 8.84. The zero-order valence-corrected chi connectivity index (χ0v) is 8.84. The number of pyridine rings is 1. The minimum atomic E-state index is -0.268. The Bertz CT molecular complexity index is 494. The van der Waals surface area contributed by atoms with E-state index < -0.39 is 0 Å². The van der Waals surface area contributed by atoms with Gasteiger partial charge in [-0.2, -0.15) is 0 Å². The Kier molecular flexibility index (Phi) is 2.54. The van der Waals surface area contributed by atoms with E-state index >= 15 is 0 Å². The Labute approximate surface area is 88.1 Å². The predicted octanol–water partition coefficient (Wildman–Crippen LogP) is 3.11. The molecular weight excluding hydrogens is 191 g/mol. The fourth-order valence-corrected chi connectivity index (χ4v) is 1.61. The number of hydrogen-bond donors (Lipinski definition) is 1. The van der Waals surface area contributed by atoms with Gasteiger partial charge in [-0.25, -0.2) is 9.37 Å². The Hall–Kier alpha value is -1.64. The van der Waals surface area contributed by atoms with Gasteiger partial charge in [-0.3, -0.25) is 0 Å². The molecule has 0 fully saturated rings. The highest BCUT2D eigenvalue weighted by atomic mass is 19.1. The number of aromatic nitrogens is 1. The van der Waals surface area contributed by atoms with Crippen molar-refractivity contribution in [2.24, 2.45) is 0 Å². The second kappa shape index (κ2) is 3.85. The Morgan fingerprint density at radius 2 is 2.07 bits per heavy atom. The maximum atomic E-state index is 13.5. The molecule has 78 valence electrons. The molecule has 1 aromatic heterocycles. The summed E-state index contributed by atoms with van der Waals surface area (Å²) >= 11 is 0. The number of aryl methyl sites for hydroxylation is 1. The van der Waals surface area contributed by atoms with Crippen LogP contribution < -0.4 is 5.32 Å². The van der Waals surface area contributed by atoms with Gasteiger partial charge < -0.3 is 5.32 Å². The van der Waals surface area contributed by atoms with Gasteiger partial charge in [-0.15, -0.1) is 0 Å². The minimum Gasteiger partial charge on any atom is -0.370 e. The SMILES string of the molecule is CCNc1ccc2c(C)ccc(F)c2n1. The van der Waals surface area contributed by atoms with E-state index in [0.29, 0.717) is 5.52 Å². The maximum absolute atomic E-state index is 13.5. The van der Waals surface area contributed by atoms with Crippen LogP contribution in [0.25, 0.3) is 10.9 Å². The molecule has 15 heavy (non-hydrogen) atoms. The van der Waals surface area contributed by atoms with Crippen LogP contribution in [0, 0.1) is 12.7 Å². The van der Waals surface area contributed by atoms with Crippen molar-refractivity contribution in [2.45, 2.75) is 13.8 Å². The number of hydrogen-bond acceptors (Lipinski definition) is 2. The smallest absolute Gasteiger partial charge is 0.149 e. The second-order valence-corrected chi connectivity index (χ2v) is 3.49. The summed E-state index contributed by atoms with van der Waals surface area (Å²) in [7, 11) is 0. The molecule has 0 atom stereocenters. The molecule has 0 saturated carbocycles. The van der Waals surface area contributed by atoms with Crippen molar-refractivity contribution >= 4 is 16.7 Å². The molecule has 2 rings (SSSR count). The molecule has 0 radical (unpaired) electrons. The van der Waals surface area contributed by atoms with Gasteiger partial charge >= 0.3 is 0 Å². The Morgan fingerprint density at radius 3 is 2.80 bits per heavy atom. The van der Waals surface area contributed by atoms with E-state index in [4.69, 9.17) is 0 Å². The number of benzene rings is 1. The predicted molar refractivity (Wildman–Crippen MR) is 60.6 cm³/mol. The number of nitrogens with zero attached hydrogens (tertiary/aromatic N) is 1. The van der Waals surface area contributed by atoms with Crippen LogP contribution in [0.5, 0.6) is 0 Å². The molecule has 1 aromatic carbocycles. The topological polar surface area (TPSA) is 24.9 Å². The van der Waals surface area contributed by atoms with Crippen LogP contribution in [-0.2, 0) is 0 Å². The van der Waals surface area contributed by atoms with Crippen LogP contribution in [0.1, 0.15) is 12.5 Å². The standard InChI is InChI=1S/C12H13FN2/c1-3-14-11-7-5-9-8(2)4-6-10(13)12(9)15-11/h4-7H,3H2,1-2H3,(H,14,15). The summed E-state index contributed by atoms with van der Waals surface area (Å²) in [6.45, 7) is 4.72. The lowest BCUT2D eigenvalue weighted by molar-refractivity contribution is 0.636. The van der Waals surface area contributed by atoms with Crippen molar-refractivity contribution in [3.8, 4) is 0 Å². The van der Waals surface area contributed by atoms with Gasteiger partial charge in [-0.05, 0) is 37.6 Å². The fourth-order valence-electron chi connectivity index (χ4n) is 1.61. The highest BCUT2D eigenvalue weighted by Crippen LogP contribution is 2.21. The fraction of sp³-hybridized carbons (Fsp3) is 0.250. The lowest BCUT2D eigenvalue weighted by Crippen LogP contribution is -1.99. The van der Waals surface area contributed by atoms with Crippen LogP contribution >= 0.6 is 0 Å². The molecule has 3 heteroatoms. The monoisotopic (exact) mass is 204 g/mol. The average Bonchev–Trinajstić information content (AvgIpc) is 2.24. The minimum absolute atomic E-state index is 0.268. The van der Waals surface area contributed by atoms with Crippen molar-refractivity contribution in [3.05, 3.63) is 35.6 Å². The summed E-state index contributed by atoms with van der Waals surface area (Å²) < 4.78 is 13.5. The van der Waals surface area contributed by atoms with Gasteiger partial charge in [0, 0.05) is 11.9 Å². The van der Waals surface area contributed by atoms with E-state index in [1.165, 1.54) is 6.07 Å². The van der Waals surface area contributed by atoms with Gasteiger partial charge in [0.15, 0.2) is 0 Å². The summed E-state index contributed by atoms with van der Waals surface area (Å²) in [5.41, 5.74) is 1.48. The van der Waals surface area contributed by atoms with E-state index in [2.05, 4.69) is 10.3 Å². The zero-order chi connectivity index (χ0) is 10.8. The summed E-state index contributed by atoms with van der Waals surface area (Å²) in [5, 5.41) is 3.94. The lowest BCUT2D eigenvalue weighted by Gasteiger charge is -2.06. The van der Waals surface area contributed by atoms with Crippen LogP contribution in [0.2, 0.25) is 0 Å². The molecule has 2 nitrogen and oxygen atoms in total. The highest BCUT2D eigenvalue weighted by Gasteiger charge is 2.05. The largest absolute Gasteiger partial charge is 0.370 e. The number of rotatable bonds is 2. The normalized spacial score (nSPS) is 10.6. The first-order valence-corrected chi connectivity index (χ1v) is 5.02. The number of halogens is 1. The average molecular weight is 204 g/mol. The van der Waals surface area contributed by atoms with Crippen molar-refractivity contribution in [1.29, 1.82) is 0 Å². The first-order valence-electron chi connectivity index (χ1n) is 5.02. The van der Waals surface area contributed by atoms with Gasteiger partial charge in [0.1, 0.15) is 17.2 Å². The first-order chi connectivity index (χ1) is 7.22. The summed E-state index contributed by atoms with van der Waals surface area (Å²) in [6.07, 6.45) is 0. The molecule has 0 aliphatic carbocycles. The molecular formula is C12H13FN2. The molecule has 0 unspecified atom stereocenters. The summed E-state index contributed by atoms with van der Waals surface area (Å²) in [5.74, 6) is 0.449. The van der Waals surface area contributed by atoms with E-state index in [1.807, 2.05) is 26.0 Å². The quantitative estimate of drug-likeness (QED) is 0.813. The lowest BCUT2D eigenvalue weighted by atomic mass is 10.1. The second-order valence-electron chi connectivity index (χ2n) is 3.49. The van der Waals surface area contributed by atoms with Gasteiger partial charge in [0.05, 0.1) is 0 Å². The number of anilines is 1. The van der Waals surface area contributed by atoms with Crippen LogP contribution in [-0.4, -0.2) is 11.5 Å². The molecule has 0 aliphatic rings. The van der Waals surface area contributed by atoms with Crippen molar-refractivity contribution < 1.29 is 4.39 Å². The van der Waals surface area contributed by atoms with Crippen LogP contribution in [0.3, 0.4) is 0 Å². The van der Waals surface area contributed by atoms with Gasteiger partial charge in [0.2, 0.25) is 0 Å². The van der Waals surface area contributed by atoms with Crippen molar-refractivity contribution in [3.63, 3.8) is 0 Å². The third-order valence-electron chi connectivity index (χ3n) is 2.38. The van der Waals surface area contributed by atoms with Crippen LogP contribution in [0.4, 0.5) is 10.2 Å². The summed E-state index contributed by atoms with van der Waals surface area (Å²) in [6, 6.07) is 7.00. The molecule has 0 saturated heterocycles. The highest BCUT2D eigenvalue weighted by molar-refractivity contribution is 5.84. The molecule has 0 bridgehead atoms. The van der Waals surface area contributed by atoms with E-state index in [9.17, 15) is 4.39 Å². The van der Waals surface area contributed by atoms with E-state index in [-0.39, 0.29) is 5.82 Å². The number of fused-ring (bicyclic) bond motifs is 1. The molecule has 0 amide bonds. The molecule has 0 spiro atoms. The van der Waals surface area contributed by atoms with E-state index in [1.54, 1.807) is 6.07 Å². The van der Waals surface area contributed by atoms with Gasteiger partial charge in [0.25, 0.3) is 0 Å². The maximum Gasteiger partial charge on any atom is 0.149 e. The summed E-state index contributed by atoms with van der Waals surface area (Å²) in [4.78, 5) is 4.24. The van der Waals surface area contributed by atoms with E-state index in [0.717, 1.165) is 23.3 Å². The third kappa shape index (κ3) is 1.77. The third-order valence-corrected chi connectivity index (χ3v) is 2.38. The van der Waals surface area contributed by atoms with Crippen molar-refractivity contribution in [1.82, 2.24) is 4.98 Å². The molecule has 0 aliphatic heterocycles. The molecule has 1 N–H and O–H groups in total. The number of nitrogens with one attached hydrogen (secondary N) is 1. The first kappa shape index (κ1) is 9.90. The van der Waals surface area contributed by atoms with Crippen molar-refractivity contribution in [2.75, 3.05) is 11.9 Å². The van der Waals surface area contributed by atoms with Gasteiger partial charge in [-0.1, -0.05) is 6.07 Å². The Balaban J connectivity index is 2.65. The Morgan fingerprint density at radius 1 is 1.27 bits per heavy atom.